The van der Waals surface area contributed by atoms with Crippen LogP contribution < -0.4 is 10.0 Å². The monoisotopic (exact) mass is 433 g/mol. The molecule has 9 nitrogen and oxygen atoms in total. The van der Waals surface area contributed by atoms with E-state index in [1.165, 1.54) is 24.3 Å². The number of thiazole rings is 1. The van der Waals surface area contributed by atoms with Crippen molar-refractivity contribution in [2.75, 3.05) is 5.32 Å². The first-order valence-corrected chi connectivity index (χ1v) is 11.4. The fourth-order valence-corrected chi connectivity index (χ4v) is 4.73. The quantitative estimate of drug-likeness (QED) is 0.586. The van der Waals surface area contributed by atoms with Gasteiger partial charge in [-0.3, -0.25) is 4.79 Å². The molecule has 0 aliphatic heterocycles. The van der Waals surface area contributed by atoms with Gasteiger partial charge in [0.1, 0.15) is 0 Å². The van der Waals surface area contributed by atoms with Gasteiger partial charge < -0.3 is 9.84 Å². The minimum absolute atomic E-state index is 0.0571. The summed E-state index contributed by atoms with van der Waals surface area (Å²) in [5.74, 6) is 0.738. The summed E-state index contributed by atoms with van der Waals surface area (Å²) in [5, 5.41) is 8.66. The molecule has 4 rings (SSSR count). The van der Waals surface area contributed by atoms with E-state index in [1.807, 2.05) is 0 Å². The van der Waals surface area contributed by atoms with Crippen LogP contribution in [0, 0.1) is 6.92 Å². The predicted molar refractivity (Wildman–Crippen MR) is 107 cm³/mol. The van der Waals surface area contributed by atoms with Crippen LogP contribution >= 0.6 is 11.3 Å². The third kappa shape index (κ3) is 4.36. The summed E-state index contributed by atoms with van der Waals surface area (Å²) in [6, 6.07) is 3.93. The van der Waals surface area contributed by atoms with Gasteiger partial charge in [-0.25, -0.2) is 13.4 Å². The second-order valence-electron chi connectivity index (χ2n) is 6.88. The van der Waals surface area contributed by atoms with E-state index in [0.29, 0.717) is 33.9 Å². The van der Waals surface area contributed by atoms with Gasteiger partial charge in [0, 0.05) is 23.1 Å². The van der Waals surface area contributed by atoms with Crippen LogP contribution in [-0.2, 0) is 14.8 Å². The zero-order valence-corrected chi connectivity index (χ0v) is 17.4. The van der Waals surface area contributed by atoms with Crippen molar-refractivity contribution in [2.45, 2.75) is 43.5 Å². The summed E-state index contributed by atoms with van der Waals surface area (Å²) in [4.78, 5) is 20.6. The van der Waals surface area contributed by atoms with Gasteiger partial charge in [0.15, 0.2) is 5.13 Å². The molecule has 11 heteroatoms. The Balaban J connectivity index is 1.54. The topological polar surface area (TPSA) is 127 Å². The molecule has 2 N–H and O–H groups in total. The molecule has 1 saturated carbocycles. The second kappa shape index (κ2) is 7.65. The fourth-order valence-electron chi connectivity index (χ4n) is 2.73. The maximum absolute atomic E-state index is 12.9. The molecule has 2 aromatic heterocycles. The first kappa shape index (κ1) is 19.7. The van der Waals surface area contributed by atoms with E-state index in [4.69, 9.17) is 4.52 Å². The Morgan fingerprint density at radius 2 is 2.14 bits per heavy atom. The number of benzene rings is 1. The van der Waals surface area contributed by atoms with Crippen molar-refractivity contribution in [1.29, 1.82) is 0 Å². The Bertz CT molecular complexity index is 1140. The summed E-state index contributed by atoms with van der Waals surface area (Å²) in [6.07, 6.45) is 3.61. The van der Waals surface area contributed by atoms with E-state index in [2.05, 4.69) is 25.2 Å². The van der Waals surface area contributed by atoms with Crippen molar-refractivity contribution in [3.8, 4) is 11.4 Å². The summed E-state index contributed by atoms with van der Waals surface area (Å²) in [6.45, 7) is 3.16. The third-order valence-electron chi connectivity index (χ3n) is 4.49. The molecule has 1 aromatic carbocycles. The molecule has 1 amide bonds. The number of rotatable bonds is 7. The Labute approximate surface area is 171 Å². The molecule has 1 fully saturated rings. The van der Waals surface area contributed by atoms with Crippen LogP contribution in [0.2, 0.25) is 0 Å². The minimum atomic E-state index is -3.96. The van der Waals surface area contributed by atoms with E-state index < -0.39 is 22.0 Å². The highest BCUT2D eigenvalue weighted by Gasteiger charge is 2.30. The van der Waals surface area contributed by atoms with E-state index in [0.717, 1.165) is 12.8 Å². The lowest BCUT2D eigenvalue weighted by molar-refractivity contribution is -0.117. The van der Waals surface area contributed by atoms with Crippen molar-refractivity contribution in [3.63, 3.8) is 0 Å². The molecule has 3 aromatic rings. The average molecular weight is 434 g/mol. The van der Waals surface area contributed by atoms with Crippen LogP contribution in [0.25, 0.3) is 11.4 Å². The van der Waals surface area contributed by atoms with Crippen LogP contribution in [0.3, 0.4) is 0 Å². The number of hydrogen-bond donors (Lipinski definition) is 2. The number of aryl methyl sites for hydroxylation is 1. The van der Waals surface area contributed by atoms with Gasteiger partial charge in [-0.05, 0) is 38.3 Å². The lowest BCUT2D eigenvalue weighted by atomic mass is 10.1. The van der Waals surface area contributed by atoms with Crippen molar-refractivity contribution >= 4 is 32.4 Å². The highest BCUT2D eigenvalue weighted by Crippen LogP contribution is 2.39. The van der Waals surface area contributed by atoms with Crippen molar-refractivity contribution < 1.29 is 17.7 Å². The van der Waals surface area contributed by atoms with Gasteiger partial charge in [-0.15, -0.1) is 11.3 Å². The molecule has 1 aliphatic rings. The van der Waals surface area contributed by atoms with Gasteiger partial charge in [0.05, 0.1) is 10.9 Å². The Morgan fingerprint density at radius 1 is 1.34 bits per heavy atom. The van der Waals surface area contributed by atoms with Gasteiger partial charge in [-0.2, -0.15) is 9.71 Å². The van der Waals surface area contributed by atoms with E-state index in [1.54, 1.807) is 30.6 Å². The molecule has 0 saturated heterocycles. The molecule has 0 spiro atoms. The minimum Gasteiger partial charge on any atom is -0.339 e. The van der Waals surface area contributed by atoms with Crippen LogP contribution in [0.5, 0.6) is 0 Å². The van der Waals surface area contributed by atoms with E-state index in [-0.39, 0.29) is 4.90 Å². The lowest BCUT2D eigenvalue weighted by Crippen LogP contribution is -2.41. The number of sulfonamides is 1. The Hall–Kier alpha value is -2.63. The standard InChI is InChI=1S/C18H19N5O4S2/c1-10-3-4-13(15-20-17(27-22-15)12-5-6-12)9-14(10)29(25,26)23-11(2)16(24)21-18-19-7-8-28-18/h3-4,7-9,11-12,23H,5-6H2,1-2H3,(H,19,21,24). The number of nitrogens with zero attached hydrogens (tertiary/aromatic N) is 3. The smallest absolute Gasteiger partial charge is 0.244 e. The number of hydrogen-bond acceptors (Lipinski definition) is 8. The normalized spacial score (nSPS) is 15.2. The molecule has 1 atom stereocenters. The number of carbonyl (C=O) groups excluding carboxylic acids is 1. The number of nitrogens with one attached hydrogen (secondary N) is 2. The Kier molecular flexibility index (Phi) is 5.19. The zero-order chi connectivity index (χ0) is 20.6. The lowest BCUT2D eigenvalue weighted by Gasteiger charge is -2.15. The third-order valence-corrected chi connectivity index (χ3v) is 6.86. The predicted octanol–water partition coefficient (Wildman–Crippen LogP) is 2.68. The molecule has 1 unspecified atom stereocenters. The number of amides is 1. The van der Waals surface area contributed by atoms with Gasteiger partial charge >= 0.3 is 0 Å². The summed E-state index contributed by atoms with van der Waals surface area (Å²) < 4.78 is 33.5. The molecule has 152 valence electrons. The van der Waals surface area contributed by atoms with Gasteiger partial charge in [-0.1, -0.05) is 17.3 Å². The first-order valence-electron chi connectivity index (χ1n) is 9.01. The average Bonchev–Trinajstić information content (AvgIpc) is 3.18. The van der Waals surface area contributed by atoms with Crippen molar-refractivity contribution in [2.24, 2.45) is 0 Å². The maximum atomic E-state index is 12.9. The molecular formula is C18H19N5O4S2. The van der Waals surface area contributed by atoms with Gasteiger partial charge in [0.25, 0.3) is 0 Å². The molecule has 0 bridgehead atoms. The highest BCUT2D eigenvalue weighted by molar-refractivity contribution is 7.89. The molecular weight excluding hydrogens is 414 g/mol. The summed E-state index contributed by atoms with van der Waals surface area (Å²) in [5.41, 5.74) is 1.08. The zero-order valence-electron chi connectivity index (χ0n) is 15.7. The largest absolute Gasteiger partial charge is 0.339 e. The van der Waals surface area contributed by atoms with Crippen LogP contribution in [0.15, 0.2) is 39.2 Å². The van der Waals surface area contributed by atoms with Crippen molar-refractivity contribution in [3.05, 3.63) is 41.2 Å². The number of carbonyl (C=O) groups is 1. The molecule has 29 heavy (non-hydrogen) atoms. The van der Waals surface area contributed by atoms with Crippen molar-refractivity contribution in [1.82, 2.24) is 19.8 Å². The van der Waals surface area contributed by atoms with Crippen LogP contribution in [-0.4, -0.2) is 35.5 Å². The van der Waals surface area contributed by atoms with Gasteiger partial charge in [0.2, 0.25) is 27.6 Å². The molecule has 2 heterocycles. The number of anilines is 1. The first-order chi connectivity index (χ1) is 13.8. The SMILES string of the molecule is Cc1ccc(-c2noc(C3CC3)n2)cc1S(=O)(=O)NC(C)C(=O)Nc1nccs1. The summed E-state index contributed by atoms with van der Waals surface area (Å²) in [7, 11) is -3.96. The molecule has 1 aliphatic carbocycles. The maximum Gasteiger partial charge on any atom is 0.244 e. The fraction of sp³-hybridized carbons (Fsp3) is 0.333. The van der Waals surface area contributed by atoms with E-state index >= 15 is 0 Å². The van der Waals surface area contributed by atoms with Crippen LogP contribution in [0.4, 0.5) is 5.13 Å². The van der Waals surface area contributed by atoms with Crippen LogP contribution in [0.1, 0.15) is 37.1 Å². The number of aromatic nitrogens is 3. The highest BCUT2D eigenvalue weighted by atomic mass is 32.2. The van der Waals surface area contributed by atoms with E-state index in [9.17, 15) is 13.2 Å². The molecule has 0 radical (unpaired) electrons. The second-order valence-corrected chi connectivity index (χ2v) is 9.46. The Morgan fingerprint density at radius 3 is 2.83 bits per heavy atom. The summed E-state index contributed by atoms with van der Waals surface area (Å²) >= 11 is 1.25.